The second-order valence-corrected chi connectivity index (χ2v) is 7.21. The molecule has 4 rings (SSSR count). The highest BCUT2D eigenvalue weighted by atomic mass is 79.9. The lowest BCUT2D eigenvalue weighted by Crippen LogP contribution is -2.04. The van der Waals surface area contributed by atoms with Gasteiger partial charge in [-0.25, -0.2) is 0 Å². The van der Waals surface area contributed by atoms with Gasteiger partial charge in [0.1, 0.15) is 0 Å². The monoisotopic (exact) mass is 412 g/mol. The van der Waals surface area contributed by atoms with E-state index in [4.69, 9.17) is 0 Å². The molecule has 0 atom stereocenters. The molecule has 2 heteroatoms. The predicted octanol–water partition coefficient (Wildman–Crippen LogP) is 7.01. The molecule has 0 aliphatic carbocycles. The summed E-state index contributed by atoms with van der Waals surface area (Å²) in [5.74, 6) is 0.0229. The van der Waals surface area contributed by atoms with E-state index in [1.54, 1.807) is 0 Å². The molecule has 0 radical (unpaired) electrons. The molecular formula is C25H17BrO. The van der Waals surface area contributed by atoms with Crippen LogP contribution in [0.15, 0.2) is 108 Å². The third-order valence-electron chi connectivity index (χ3n) is 4.56. The molecule has 0 amide bonds. The summed E-state index contributed by atoms with van der Waals surface area (Å²) in [6.07, 6.45) is 0. The zero-order valence-electron chi connectivity index (χ0n) is 14.6. The van der Waals surface area contributed by atoms with Gasteiger partial charge in [-0.05, 0) is 34.4 Å². The van der Waals surface area contributed by atoms with Crippen molar-refractivity contribution < 1.29 is 4.79 Å². The normalized spacial score (nSPS) is 10.6. The standard InChI is InChI=1S/C25H17BrO/c26-20-15-16-23(24(17-20)25(27)19-11-5-2-6-12-19)22-14-8-7-13-21(22)18-9-3-1-4-10-18/h1-17H. The van der Waals surface area contributed by atoms with Gasteiger partial charge in [-0.3, -0.25) is 4.79 Å². The average Bonchev–Trinajstić information content (AvgIpc) is 2.74. The molecule has 0 heterocycles. The van der Waals surface area contributed by atoms with E-state index in [9.17, 15) is 4.79 Å². The predicted molar refractivity (Wildman–Crippen MR) is 115 cm³/mol. The van der Waals surface area contributed by atoms with Crippen molar-refractivity contribution in [3.8, 4) is 22.3 Å². The molecule has 4 aromatic carbocycles. The Balaban J connectivity index is 1.91. The summed E-state index contributed by atoms with van der Waals surface area (Å²) in [5, 5.41) is 0. The summed E-state index contributed by atoms with van der Waals surface area (Å²) >= 11 is 3.52. The highest BCUT2D eigenvalue weighted by molar-refractivity contribution is 9.10. The third-order valence-corrected chi connectivity index (χ3v) is 5.06. The van der Waals surface area contributed by atoms with Gasteiger partial charge in [0.2, 0.25) is 0 Å². The molecule has 0 spiro atoms. The van der Waals surface area contributed by atoms with E-state index in [0.717, 1.165) is 26.7 Å². The van der Waals surface area contributed by atoms with Gasteiger partial charge in [-0.2, -0.15) is 0 Å². The minimum Gasteiger partial charge on any atom is -0.289 e. The first-order valence-electron chi connectivity index (χ1n) is 8.78. The van der Waals surface area contributed by atoms with Gasteiger partial charge in [0, 0.05) is 15.6 Å². The van der Waals surface area contributed by atoms with E-state index in [1.165, 1.54) is 0 Å². The topological polar surface area (TPSA) is 17.1 Å². The Morgan fingerprint density at radius 1 is 0.593 bits per heavy atom. The van der Waals surface area contributed by atoms with Crippen molar-refractivity contribution in [3.63, 3.8) is 0 Å². The van der Waals surface area contributed by atoms with Gasteiger partial charge >= 0.3 is 0 Å². The maximum absolute atomic E-state index is 13.2. The summed E-state index contributed by atoms with van der Waals surface area (Å²) in [4.78, 5) is 13.2. The highest BCUT2D eigenvalue weighted by Gasteiger charge is 2.17. The van der Waals surface area contributed by atoms with Crippen molar-refractivity contribution >= 4 is 21.7 Å². The Labute approximate surface area is 167 Å². The van der Waals surface area contributed by atoms with E-state index >= 15 is 0 Å². The molecule has 0 unspecified atom stereocenters. The molecule has 0 aliphatic rings. The molecule has 1 nitrogen and oxygen atoms in total. The first-order valence-corrected chi connectivity index (χ1v) is 9.57. The molecule has 0 fully saturated rings. The van der Waals surface area contributed by atoms with Gasteiger partial charge in [0.05, 0.1) is 0 Å². The van der Waals surface area contributed by atoms with Crippen LogP contribution in [0.5, 0.6) is 0 Å². The first kappa shape index (κ1) is 17.4. The molecule has 0 aliphatic heterocycles. The average molecular weight is 413 g/mol. The number of carbonyl (C=O) groups excluding carboxylic acids is 1. The number of ketones is 1. The van der Waals surface area contributed by atoms with Crippen LogP contribution < -0.4 is 0 Å². The molecule has 0 saturated heterocycles. The van der Waals surface area contributed by atoms with Gasteiger partial charge in [0.25, 0.3) is 0 Å². The Morgan fingerprint density at radius 3 is 1.89 bits per heavy atom. The van der Waals surface area contributed by atoms with E-state index in [2.05, 4.69) is 40.2 Å². The summed E-state index contributed by atoms with van der Waals surface area (Å²) in [6.45, 7) is 0. The lowest BCUT2D eigenvalue weighted by Gasteiger charge is -2.14. The van der Waals surface area contributed by atoms with E-state index in [-0.39, 0.29) is 5.78 Å². The molecule has 0 bridgehead atoms. The van der Waals surface area contributed by atoms with E-state index in [1.807, 2.05) is 78.9 Å². The quantitative estimate of drug-likeness (QED) is 0.329. The molecule has 130 valence electrons. The van der Waals surface area contributed by atoms with Crippen LogP contribution in [-0.4, -0.2) is 5.78 Å². The molecule has 27 heavy (non-hydrogen) atoms. The molecule has 0 saturated carbocycles. The zero-order chi connectivity index (χ0) is 18.6. The Morgan fingerprint density at radius 2 is 1.19 bits per heavy atom. The van der Waals surface area contributed by atoms with Gasteiger partial charge < -0.3 is 0 Å². The number of benzene rings is 4. The largest absolute Gasteiger partial charge is 0.289 e. The minimum atomic E-state index is 0.0229. The Hall–Kier alpha value is -2.97. The second-order valence-electron chi connectivity index (χ2n) is 6.30. The SMILES string of the molecule is O=C(c1ccccc1)c1cc(Br)ccc1-c1ccccc1-c1ccccc1. The van der Waals surface area contributed by atoms with Crippen molar-refractivity contribution in [3.05, 3.63) is 119 Å². The lowest BCUT2D eigenvalue weighted by atomic mass is 9.89. The second kappa shape index (κ2) is 7.73. The van der Waals surface area contributed by atoms with E-state index < -0.39 is 0 Å². The van der Waals surface area contributed by atoms with Crippen molar-refractivity contribution in [2.75, 3.05) is 0 Å². The van der Waals surface area contributed by atoms with Crippen molar-refractivity contribution in [1.29, 1.82) is 0 Å². The van der Waals surface area contributed by atoms with Crippen LogP contribution in [0.25, 0.3) is 22.3 Å². The van der Waals surface area contributed by atoms with Crippen LogP contribution in [0.1, 0.15) is 15.9 Å². The minimum absolute atomic E-state index is 0.0229. The molecule has 0 aromatic heterocycles. The third kappa shape index (κ3) is 3.62. The summed E-state index contributed by atoms with van der Waals surface area (Å²) < 4.78 is 0.891. The molecule has 0 N–H and O–H groups in total. The van der Waals surface area contributed by atoms with Gasteiger partial charge in [-0.1, -0.05) is 107 Å². The molecule has 4 aromatic rings. The molecular weight excluding hydrogens is 396 g/mol. The zero-order valence-corrected chi connectivity index (χ0v) is 16.2. The lowest BCUT2D eigenvalue weighted by molar-refractivity contribution is 0.103. The van der Waals surface area contributed by atoms with Crippen LogP contribution >= 0.6 is 15.9 Å². The number of carbonyl (C=O) groups is 1. The fraction of sp³-hybridized carbons (Fsp3) is 0. The van der Waals surface area contributed by atoms with Gasteiger partial charge in [-0.15, -0.1) is 0 Å². The number of halogens is 1. The smallest absolute Gasteiger partial charge is 0.193 e. The van der Waals surface area contributed by atoms with Crippen molar-refractivity contribution in [1.82, 2.24) is 0 Å². The Bertz CT molecular complexity index is 1090. The van der Waals surface area contributed by atoms with E-state index in [0.29, 0.717) is 11.1 Å². The number of hydrogen-bond acceptors (Lipinski definition) is 1. The maximum Gasteiger partial charge on any atom is 0.193 e. The van der Waals surface area contributed by atoms with Crippen LogP contribution in [-0.2, 0) is 0 Å². The van der Waals surface area contributed by atoms with Crippen LogP contribution in [0.4, 0.5) is 0 Å². The van der Waals surface area contributed by atoms with Crippen molar-refractivity contribution in [2.24, 2.45) is 0 Å². The summed E-state index contributed by atoms with van der Waals surface area (Å²) in [6, 6.07) is 33.8. The summed E-state index contributed by atoms with van der Waals surface area (Å²) in [5.41, 5.74) is 5.62. The Kier molecular flexibility index (Phi) is 4.99. The van der Waals surface area contributed by atoms with Crippen molar-refractivity contribution in [2.45, 2.75) is 0 Å². The summed E-state index contributed by atoms with van der Waals surface area (Å²) in [7, 11) is 0. The highest BCUT2D eigenvalue weighted by Crippen LogP contribution is 2.35. The number of rotatable bonds is 4. The van der Waals surface area contributed by atoms with Crippen LogP contribution in [0.3, 0.4) is 0 Å². The van der Waals surface area contributed by atoms with Crippen LogP contribution in [0, 0.1) is 0 Å². The fourth-order valence-corrected chi connectivity index (χ4v) is 3.63. The first-order chi connectivity index (χ1) is 13.2. The number of hydrogen-bond donors (Lipinski definition) is 0. The fourth-order valence-electron chi connectivity index (χ4n) is 3.27. The van der Waals surface area contributed by atoms with Crippen LogP contribution in [0.2, 0.25) is 0 Å². The van der Waals surface area contributed by atoms with Gasteiger partial charge in [0.15, 0.2) is 5.78 Å². The maximum atomic E-state index is 13.2.